The number of sulfonamides is 1. The number of hydrogen-bond donors (Lipinski definition) is 2. The minimum Gasteiger partial charge on any atom is -0.396 e. The molecular weight excluding hydrogens is 268 g/mol. The Kier molecular flexibility index (Phi) is 5.34. The van der Waals surface area contributed by atoms with Crippen molar-refractivity contribution >= 4 is 15.9 Å². The molecule has 0 saturated carbocycles. The number of aliphatic hydroxyl groups excluding tert-OH is 1. The van der Waals surface area contributed by atoms with Crippen molar-refractivity contribution in [3.63, 3.8) is 0 Å². The predicted molar refractivity (Wildman–Crippen MR) is 72.8 cm³/mol. The summed E-state index contributed by atoms with van der Waals surface area (Å²) in [4.78, 5) is 13.4. The molecule has 0 aromatic heterocycles. The van der Waals surface area contributed by atoms with Gasteiger partial charge < -0.3 is 10.0 Å². The van der Waals surface area contributed by atoms with Gasteiger partial charge in [0.1, 0.15) is 0 Å². The fourth-order valence-electron chi connectivity index (χ4n) is 2.34. The SMILES string of the molecule is CC(C)(CO)CCCN1CC(CS(N)(=O)=O)CC1=O. The molecule has 1 unspecified atom stereocenters. The highest BCUT2D eigenvalue weighted by atomic mass is 32.2. The molecule has 1 saturated heterocycles. The molecule has 1 atom stereocenters. The smallest absolute Gasteiger partial charge is 0.222 e. The molecule has 7 heteroatoms. The summed E-state index contributed by atoms with van der Waals surface area (Å²) < 4.78 is 22.0. The third-order valence-corrected chi connectivity index (χ3v) is 4.41. The molecule has 19 heavy (non-hydrogen) atoms. The van der Waals surface area contributed by atoms with Gasteiger partial charge in [-0.1, -0.05) is 13.8 Å². The van der Waals surface area contributed by atoms with Gasteiger partial charge in [0, 0.05) is 32.0 Å². The topological polar surface area (TPSA) is 101 Å². The zero-order chi connectivity index (χ0) is 14.7. The van der Waals surface area contributed by atoms with Crippen LogP contribution in [0.1, 0.15) is 33.1 Å². The van der Waals surface area contributed by atoms with Crippen LogP contribution in [-0.4, -0.2) is 49.8 Å². The summed E-state index contributed by atoms with van der Waals surface area (Å²) in [5, 5.41) is 14.1. The van der Waals surface area contributed by atoms with Crippen molar-refractivity contribution < 1.29 is 18.3 Å². The lowest BCUT2D eigenvalue weighted by molar-refractivity contribution is -0.127. The molecule has 0 aliphatic carbocycles. The normalized spacial score (nSPS) is 21.2. The molecule has 3 N–H and O–H groups in total. The lowest BCUT2D eigenvalue weighted by atomic mass is 9.89. The average molecular weight is 292 g/mol. The summed E-state index contributed by atoms with van der Waals surface area (Å²) in [5.74, 6) is -0.319. The van der Waals surface area contributed by atoms with Gasteiger partial charge in [-0.3, -0.25) is 4.79 Å². The van der Waals surface area contributed by atoms with Crippen molar-refractivity contribution in [3.8, 4) is 0 Å². The van der Waals surface area contributed by atoms with Gasteiger partial charge in [-0.15, -0.1) is 0 Å². The number of nitrogens with zero attached hydrogens (tertiary/aromatic N) is 1. The van der Waals surface area contributed by atoms with E-state index in [0.717, 1.165) is 12.8 Å². The Hall–Kier alpha value is -0.660. The van der Waals surface area contributed by atoms with Crippen molar-refractivity contribution in [2.75, 3.05) is 25.4 Å². The summed E-state index contributed by atoms with van der Waals surface area (Å²) in [6, 6.07) is 0. The molecule has 1 rings (SSSR count). The quantitative estimate of drug-likeness (QED) is 0.685. The monoisotopic (exact) mass is 292 g/mol. The lowest BCUT2D eigenvalue weighted by Crippen LogP contribution is -2.29. The van der Waals surface area contributed by atoms with Gasteiger partial charge in [-0.2, -0.15) is 0 Å². The van der Waals surface area contributed by atoms with Crippen LogP contribution >= 0.6 is 0 Å². The second-order valence-electron chi connectivity index (χ2n) is 6.17. The molecule has 6 nitrogen and oxygen atoms in total. The van der Waals surface area contributed by atoms with E-state index in [4.69, 9.17) is 10.2 Å². The highest BCUT2D eigenvalue weighted by molar-refractivity contribution is 7.89. The molecule has 0 bridgehead atoms. The van der Waals surface area contributed by atoms with Crippen LogP contribution in [0, 0.1) is 11.3 Å². The molecule has 0 spiro atoms. The number of primary sulfonamides is 1. The standard InChI is InChI=1S/C12H24N2O4S/c1-12(2,9-15)4-3-5-14-7-10(6-11(14)16)8-19(13,17)18/h10,15H,3-9H2,1-2H3,(H2,13,17,18). The minimum absolute atomic E-state index is 0.00421. The van der Waals surface area contributed by atoms with Crippen LogP contribution in [0.15, 0.2) is 0 Å². The van der Waals surface area contributed by atoms with Gasteiger partial charge in [-0.25, -0.2) is 13.6 Å². The van der Waals surface area contributed by atoms with Gasteiger partial charge in [0.15, 0.2) is 0 Å². The van der Waals surface area contributed by atoms with Crippen molar-refractivity contribution in [2.24, 2.45) is 16.5 Å². The summed E-state index contributed by atoms with van der Waals surface area (Å²) >= 11 is 0. The van der Waals surface area contributed by atoms with Crippen LogP contribution in [0.5, 0.6) is 0 Å². The molecule has 1 aliphatic rings. The fraction of sp³-hybridized carbons (Fsp3) is 0.917. The van der Waals surface area contributed by atoms with E-state index < -0.39 is 10.0 Å². The predicted octanol–water partition coefficient (Wildman–Crippen LogP) is -0.0779. The largest absolute Gasteiger partial charge is 0.396 e. The highest BCUT2D eigenvalue weighted by Gasteiger charge is 2.31. The Morgan fingerprint density at radius 2 is 2.11 bits per heavy atom. The van der Waals surface area contributed by atoms with E-state index in [-0.39, 0.29) is 36.0 Å². The van der Waals surface area contributed by atoms with E-state index in [9.17, 15) is 13.2 Å². The van der Waals surface area contributed by atoms with Gasteiger partial charge in [0.2, 0.25) is 15.9 Å². The average Bonchev–Trinajstić information content (AvgIpc) is 2.56. The number of hydrogen-bond acceptors (Lipinski definition) is 4. The van der Waals surface area contributed by atoms with Crippen LogP contribution in [-0.2, 0) is 14.8 Å². The Balaban J connectivity index is 2.38. The van der Waals surface area contributed by atoms with E-state index in [1.54, 1.807) is 4.90 Å². The maximum atomic E-state index is 11.7. The van der Waals surface area contributed by atoms with Gasteiger partial charge >= 0.3 is 0 Å². The van der Waals surface area contributed by atoms with E-state index in [1.807, 2.05) is 13.8 Å². The van der Waals surface area contributed by atoms with Crippen LogP contribution in [0.2, 0.25) is 0 Å². The van der Waals surface area contributed by atoms with Crippen LogP contribution in [0.25, 0.3) is 0 Å². The molecule has 0 aromatic rings. The number of amides is 1. The Labute approximate surface area is 115 Å². The first-order valence-corrected chi connectivity index (χ1v) is 8.23. The third kappa shape index (κ3) is 5.88. The first-order valence-electron chi connectivity index (χ1n) is 6.52. The Morgan fingerprint density at radius 3 is 2.63 bits per heavy atom. The van der Waals surface area contributed by atoms with E-state index in [0.29, 0.717) is 13.1 Å². The second-order valence-corrected chi connectivity index (χ2v) is 7.82. The van der Waals surface area contributed by atoms with Crippen LogP contribution < -0.4 is 5.14 Å². The van der Waals surface area contributed by atoms with Gasteiger partial charge in [0.25, 0.3) is 0 Å². The summed E-state index contributed by atoms with van der Waals surface area (Å²) in [6.45, 7) is 5.15. The number of aliphatic hydroxyl groups is 1. The number of nitrogens with two attached hydrogens (primary N) is 1. The van der Waals surface area contributed by atoms with E-state index in [2.05, 4.69) is 0 Å². The number of carbonyl (C=O) groups is 1. The zero-order valence-corrected chi connectivity index (χ0v) is 12.4. The number of rotatable bonds is 7. The fourth-order valence-corrected chi connectivity index (χ4v) is 3.22. The highest BCUT2D eigenvalue weighted by Crippen LogP contribution is 2.23. The van der Waals surface area contributed by atoms with Crippen molar-refractivity contribution in [1.29, 1.82) is 0 Å². The maximum absolute atomic E-state index is 11.7. The van der Waals surface area contributed by atoms with Crippen molar-refractivity contribution in [3.05, 3.63) is 0 Å². The Morgan fingerprint density at radius 1 is 1.47 bits per heavy atom. The summed E-state index contributed by atoms with van der Waals surface area (Å²) in [6.07, 6.45) is 1.90. The van der Waals surface area contributed by atoms with E-state index in [1.165, 1.54) is 0 Å². The molecule has 1 heterocycles. The number of carbonyl (C=O) groups excluding carboxylic acids is 1. The van der Waals surface area contributed by atoms with Crippen LogP contribution in [0.3, 0.4) is 0 Å². The molecular formula is C12H24N2O4S. The first-order chi connectivity index (χ1) is 8.63. The van der Waals surface area contributed by atoms with E-state index >= 15 is 0 Å². The molecule has 1 amide bonds. The molecule has 0 radical (unpaired) electrons. The summed E-state index contributed by atoms with van der Waals surface area (Å²) in [7, 11) is -3.51. The molecule has 112 valence electrons. The maximum Gasteiger partial charge on any atom is 0.222 e. The number of likely N-dealkylation sites (tertiary alicyclic amines) is 1. The molecule has 1 aliphatic heterocycles. The van der Waals surface area contributed by atoms with Gasteiger partial charge in [-0.05, 0) is 18.3 Å². The lowest BCUT2D eigenvalue weighted by Gasteiger charge is -2.23. The molecule has 0 aromatic carbocycles. The van der Waals surface area contributed by atoms with Crippen molar-refractivity contribution in [2.45, 2.75) is 33.1 Å². The molecule has 1 fully saturated rings. The second kappa shape index (κ2) is 6.19. The van der Waals surface area contributed by atoms with Gasteiger partial charge in [0.05, 0.1) is 5.75 Å². The zero-order valence-electron chi connectivity index (χ0n) is 11.6. The third-order valence-electron chi connectivity index (χ3n) is 3.47. The first kappa shape index (κ1) is 16.4. The summed E-state index contributed by atoms with van der Waals surface area (Å²) in [5.41, 5.74) is -0.136. The minimum atomic E-state index is -3.51. The van der Waals surface area contributed by atoms with Crippen LogP contribution in [0.4, 0.5) is 0 Å². The Bertz CT molecular complexity index is 419. The van der Waals surface area contributed by atoms with Crippen molar-refractivity contribution in [1.82, 2.24) is 4.90 Å².